The molecule has 1 amide bonds. The van der Waals surface area contributed by atoms with Crippen LogP contribution in [0.2, 0.25) is 10.0 Å². The highest BCUT2D eigenvalue weighted by Crippen LogP contribution is 2.34. The summed E-state index contributed by atoms with van der Waals surface area (Å²) in [6.07, 6.45) is 1.92. The first-order chi connectivity index (χ1) is 10.7. The Balaban J connectivity index is 2.33. The Hall–Kier alpha value is -0.820. The van der Waals surface area contributed by atoms with Crippen LogP contribution in [-0.4, -0.2) is 50.2 Å². The third kappa shape index (κ3) is 3.65. The number of amides is 1. The number of benzene rings is 1. The van der Waals surface area contributed by atoms with Crippen molar-refractivity contribution in [2.45, 2.75) is 31.6 Å². The van der Waals surface area contributed by atoms with E-state index >= 15 is 0 Å². The lowest BCUT2D eigenvalue weighted by atomic mass is 10.2. The number of nitrogens with zero attached hydrogens (tertiary/aromatic N) is 2. The average Bonchev–Trinajstić information content (AvgIpc) is 2.99. The maximum Gasteiger partial charge on any atom is 0.245 e. The Morgan fingerprint density at radius 3 is 2.39 bits per heavy atom. The number of aryl methyl sites for hydroxylation is 1. The summed E-state index contributed by atoms with van der Waals surface area (Å²) in [5.74, 6) is -0.193. The molecule has 1 aliphatic heterocycles. The van der Waals surface area contributed by atoms with Gasteiger partial charge in [0, 0.05) is 25.2 Å². The van der Waals surface area contributed by atoms with E-state index in [1.165, 1.54) is 7.05 Å². The van der Waals surface area contributed by atoms with Gasteiger partial charge in [0.25, 0.3) is 0 Å². The van der Waals surface area contributed by atoms with E-state index in [0.29, 0.717) is 29.2 Å². The second-order valence-electron chi connectivity index (χ2n) is 5.79. The predicted molar refractivity (Wildman–Crippen MR) is 91.6 cm³/mol. The minimum absolute atomic E-state index is 0.0270. The van der Waals surface area contributed by atoms with Gasteiger partial charge in [0.1, 0.15) is 4.90 Å². The van der Waals surface area contributed by atoms with Crippen LogP contribution in [0.3, 0.4) is 0 Å². The zero-order valence-corrected chi connectivity index (χ0v) is 15.7. The molecule has 0 atom stereocenters. The van der Waals surface area contributed by atoms with Crippen molar-refractivity contribution in [2.75, 3.05) is 26.7 Å². The molecule has 0 unspecified atom stereocenters. The van der Waals surface area contributed by atoms with Crippen LogP contribution in [0.1, 0.15) is 24.0 Å². The van der Waals surface area contributed by atoms with Gasteiger partial charge in [0.05, 0.1) is 11.6 Å². The fourth-order valence-corrected chi connectivity index (χ4v) is 4.90. The van der Waals surface area contributed by atoms with Crippen LogP contribution in [0.5, 0.6) is 0 Å². The molecule has 1 aliphatic rings. The van der Waals surface area contributed by atoms with Crippen molar-refractivity contribution < 1.29 is 13.2 Å². The summed E-state index contributed by atoms with van der Waals surface area (Å²) >= 11 is 12.3. The van der Waals surface area contributed by atoms with E-state index in [0.717, 1.165) is 17.1 Å². The number of rotatable bonds is 4. The molecule has 2 rings (SSSR count). The number of hydrogen-bond acceptors (Lipinski definition) is 3. The molecule has 0 saturated carbocycles. The number of halogens is 2. The molecular formula is C15H20Cl2N2O3S. The maximum atomic E-state index is 12.8. The minimum Gasteiger partial charge on any atom is -0.342 e. The molecule has 0 aliphatic carbocycles. The molecule has 0 spiro atoms. The second kappa shape index (κ2) is 6.97. The summed E-state index contributed by atoms with van der Waals surface area (Å²) in [6.45, 7) is 4.47. The number of carbonyl (C=O) groups excluding carboxylic acids is 1. The van der Waals surface area contributed by atoms with Gasteiger partial charge in [0.2, 0.25) is 15.9 Å². The molecule has 1 fully saturated rings. The van der Waals surface area contributed by atoms with Gasteiger partial charge in [-0.25, -0.2) is 8.42 Å². The van der Waals surface area contributed by atoms with Gasteiger partial charge in [0.15, 0.2) is 0 Å². The number of carbonyl (C=O) groups is 1. The van der Waals surface area contributed by atoms with E-state index in [1.807, 2.05) is 0 Å². The van der Waals surface area contributed by atoms with Crippen molar-refractivity contribution >= 4 is 39.1 Å². The molecule has 1 heterocycles. The molecule has 5 nitrogen and oxygen atoms in total. The van der Waals surface area contributed by atoms with Gasteiger partial charge < -0.3 is 4.90 Å². The van der Waals surface area contributed by atoms with Crippen LogP contribution >= 0.6 is 23.2 Å². The molecule has 1 aromatic carbocycles. The second-order valence-corrected chi connectivity index (χ2v) is 8.56. The molecule has 128 valence electrons. The lowest BCUT2D eigenvalue weighted by molar-refractivity contribution is -0.130. The summed E-state index contributed by atoms with van der Waals surface area (Å²) in [6, 6.07) is 1.63. The lowest BCUT2D eigenvalue weighted by Crippen LogP contribution is -2.40. The van der Waals surface area contributed by atoms with Gasteiger partial charge in [-0.2, -0.15) is 4.31 Å². The molecule has 0 radical (unpaired) electrons. The summed E-state index contributed by atoms with van der Waals surface area (Å²) in [7, 11) is -2.52. The number of hydrogen-bond donors (Lipinski definition) is 0. The summed E-state index contributed by atoms with van der Waals surface area (Å²) < 4.78 is 26.7. The Kier molecular flexibility index (Phi) is 5.61. The average molecular weight is 379 g/mol. The topological polar surface area (TPSA) is 57.7 Å². The van der Waals surface area contributed by atoms with E-state index in [9.17, 15) is 13.2 Å². The quantitative estimate of drug-likeness (QED) is 0.809. The highest BCUT2D eigenvalue weighted by atomic mass is 35.5. The summed E-state index contributed by atoms with van der Waals surface area (Å²) in [5, 5.41) is 0.483. The fraction of sp³-hybridized carbons (Fsp3) is 0.533. The Labute approximate surface area is 147 Å². The Morgan fingerprint density at radius 1 is 1.26 bits per heavy atom. The number of likely N-dealkylation sites (tertiary alicyclic amines) is 1. The van der Waals surface area contributed by atoms with E-state index in [4.69, 9.17) is 23.2 Å². The van der Waals surface area contributed by atoms with Crippen LogP contribution in [0.25, 0.3) is 0 Å². The maximum absolute atomic E-state index is 12.8. The molecular weight excluding hydrogens is 359 g/mol. The number of sulfonamides is 1. The summed E-state index contributed by atoms with van der Waals surface area (Å²) in [5.41, 5.74) is 0.975. The van der Waals surface area contributed by atoms with Crippen molar-refractivity contribution in [1.82, 2.24) is 9.21 Å². The standard InChI is InChI=1S/C15H20Cl2N2O3S/c1-10-8-12(16)11(2)15(14(10)17)23(21,22)18(3)9-13(20)19-6-4-5-7-19/h8H,4-7,9H2,1-3H3. The van der Waals surface area contributed by atoms with Crippen molar-refractivity contribution in [3.8, 4) is 0 Å². The van der Waals surface area contributed by atoms with E-state index < -0.39 is 10.0 Å². The smallest absolute Gasteiger partial charge is 0.245 e. The third-order valence-corrected chi connectivity index (χ3v) is 7.04. The third-order valence-electron chi connectivity index (χ3n) is 4.07. The van der Waals surface area contributed by atoms with E-state index in [2.05, 4.69) is 0 Å². The predicted octanol–water partition coefficient (Wildman–Crippen LogP) is 2.85. The van der Waals surface area contributed by atoms with Gasteiger partial charge in [-0.15, -0.1) is 0 Å². The van der Waals surface area contributed by atoms with Crippen LogP contribution in [0.4, 0.5) is 0 Å². The van der Waals surface area contributed by atoms with Crippen LogP contribution in [0, 0.1) is 13.8 Å². The molecule has 0 bridgehead atoms. The van der Waals surface area contributed by atoms with Crippen molar-refractivity contribution in [3.05, 3.63) is 27.2 Å². The first-order valence-electron chi connectivity index (χ1n) is 7.35. The van der Waals surface area contributed by atoms with Gasteiger partial charge in [-0.3, -0.25) is 4.79 Å². The Bertz CT molecular complexity index is 702. The van der Waals surface area contributed by atoms with Crippen LogP contribution < -0.4 is 0 Å². The molecule has 23 heavy (non-hydrogen) atoms. The van der Waals surface area contributed by atoms with E-state index in [1.54, 1.807) is 24.8 Å². The van der Waals surface area contributed by atoms with Crippen molar-refractivity contribution in [3.63, 3.8) is 0 Å². The highest BCUT2D eigenvalue weighted by Gasteiger charge is 2.30. The van der Waals surface area contributed by atoms with Gasteiger partial charge in [-0.1, -0.05) is 23.2 Å². The number of likely N-dealkylation sites (N-methyl/N-ethyl adjacent to an activating group) is 1. The zero-order valence-electron chi connectivity index (χ0n) is 13.4. The van der Waals surface area contributed by atoms with Crippen molar-refractivity contribution in [1.29, 1.82) is 0 Å². The zero-order chi connectivity index (χ0) is 17.4. The Morgan fingerprint density at radius 2 is 1.83 bits per heavy atom. The largest absolute Gasteiger partial charge is 0.342 e. The minimum atomic E-state index is -3.90. The fourth-order valence-electron chi connectivity index (χ4n) is 2.62. The van der Waals surface area contributed by atoms with Gasteiger partial charge in [-0.05, 0) is 43.9 Å². The van der Waals surface area contributed by atoms with Gasteiger partial charge >= 0.3 is 0 Å². The SMILES string of the molecule is Cc1cc(Cl)c(C)c(S(=O)(=O)N(C)CC(=O)N2CCCC2)c1Cl. The normalized spacial score (nSPS) is 15.5. The molecule has 8 heteroatoms. The van der Waals surface area contributed by atoms with E-state index in [-0.39, 0.29) is 22.4 Å². The lowest BCUT2D eigenvalue weighted by Gasteiger charge is -2.23. The monoisotopic (exact) mass is 378 g/mol. The van der Waals surface area contributed by atoms with Crippen molar-refractivity contribution in [2.24, 2.45) is 0 Å². The highest BCUT2D eigenvalue weighted by molar-refractivity contribution is 7.89. The molecule has 0 aromatic heterocycles. The molecule has 0 N–H and O–H groups in total. The van der Waals surface area contributed by atoms with Crippen LogP contribution in [0.15, 0.2) is 11.0 Å². The first-order valence-corrected chi connectivity index (χ1v) is 9.55. The molecule has 1 saturated heterocycles. The van der Waals surface area contributed by atoms with Crippen LogP contribution in [-0.2, 0) is 14.8 Å². The first kappa shape index (κ1) is 18.5. The summed E-state index contributed by atoms with van der Waals surface area (Å²) in [4.78, 5) is 13.9. The molecule has 1 aromatic rings.